The highest BCUT2D eigenvalue weighted by Gasteiger charge is 2.16. The lowest BCUT2D eigenvalue weighted by Gasteiger charge is -2.11. The summed E-state index contributed by atoms with van der Waals surface area (Å²) in [7, 11) is 2.96. The molecule has 0 aliphatic rings. The van der Waals surface area contributed by atoms with Crippen LogP contribution in [0.4, 0.5) is 5.69 Å². The molecule has 3 aromatic rings. The third-order valence-corrected chi connectivity index (χ3v) is 4.75. The number of carbonyl (C=O) groups excluding carboxylic acids is 2. The molecule has 0 heterocycles. The molecule has 0 fully saturated rings. The van der Waals surface area contributed by atoms with Crippen molar-refractivity contribution in [2.24, 2.45) is 5.10 Å². The van der Waals surface area contributed by atoms with Crippen LogP contribution in [0, 0.1) is 6.92 Å². The topological polar surface area (TPSA) is 98.2 Å². The van der Waals surface area contributed by atoms with Gasteiger partial charge in [-0.15, -0.1) is 0 Å². The Morgan fingerprint density at radius 3 is 2.48 bits per heavy atom. The molecule has 2 amide bonds. The molecule has 0 saturated heterocycles. The van der Waals surface area contributed by atoms with Crippen molar-refractivity contribution in [1.29, 1.82) is 0 Å². The van der Waals surface area contributed by atoms with E-state index >= 15 is 0 Å². The van der Waals surface area contributed by atoms with E-state index in [2.05, 4.69) is 15.8 Å². The smallest absolute Gasteiger partial charge is 0.329 e. The number of benzene rings is 3. The monoisotopic (exact) mass is 447 g/mol. The number of nitrogens with zero attached hydrogens (tertiary/aromatic N) is 1. The van der Waals surface area contributed by atoms with Crippen molar-refractivity contribution >= 4 is 23.7 Å². The Kier molecular flexibility index (Phi) is 8.02. The van der Waals surface area contributed by atoms with Crippen LogP contribution in [-0.2, 0) is 16.2 Å². The highest BCUT2D eigenvalue weighted by molar-refractivity contribution is 6.39. The fraction of sp³-hybridized carbons (Fsp3) is 0.160. The van der Waals surface area contributed by atoms with Gasteiger partial charge in [-0.1, -0.05) is 36.4 Å². The number of hydrogen-bond acceptors (Lipinski definition) is 6. The third-order valence-electron chi connectivity index (χ3n) is 4.75. The van der Waals surface area contributed by atoms with Gasteiger partial charge in [0, 0.05) is 6.07 Å². The van der Waals surface area contributed by atoms with E-state index < -0.39 is 11.8 Å². The van der Waals surface area contributed by atoms with Crippen LogP contribution in [0.2, 0.25) is 0 Å². The fourth-order valence-electron chi connectivity index (χ4n) is 2.92. The molecule has 0 radical (unpaired) electrons. The van der Waals surface area contributed by atoms with Gasteiger partial charge in [0.2, 0.25) is 0 Å². The second-order valence-electron chi connectivity index (χ2n) is 7.01. The van der Waals surface area contributed by atoms with Gasteiger partial charge in [0.15, 0.2) is 0 Å². The van der Waals surface area contributed by atoms with Gasteiger partial charge in [-0.25, -0.2) is 5.43 Å². The Labute approximate surface area is 192 Å². The molecule has 170 valence electrons. The third kappa shape index (κ3) is 6.57. The highest BCUT2D eigenvalue weighted by Crippen LogP contribution is 2.28. The lowest BCUT2D eigenvalue weighted by atomic mass is 10.1. The highest BCUT2D eigenvalue weighted by atomic mass is 16.5. The number of amides is 2. The lowest BCUT2D eigenvalue weighted by molar-refractivity contribution is -0.136. The Morgan fingerprint density at radius 2 is 1.73 bits per heavy atom. The average molecular weight is 447 g/mol. The first-order valence-corrected chi connectivity index (χ1v) is 10.1. The summed E-state index contributed by atoms with van der Waals surface area (Å²) in [5.41, 5.74) is 5.47. The molecule has 0 aliphatic carbocycles. The number of aryl methyl sites for hydroxylation is 1. The molecular formula is C25H25N3O5. The Bertz CT molecular complexity index is 1160. The van der Waals surface area contributed by atoms with E-state index in [0.29, 0.717) is 35.1 Å². The molecule has 0 aliphatic heterocycles. The number of ether oxygens (including phenoxy) is 3. The Hall–Kier alpha value is -4.33. The summed E-state index contributed by atoms with van der Waals surface area (Å²) in [5, 5.41) is 6.34. The number of anilines is 1. The molecule has 33 heavy (non-hydrogen) atoms. The van der Waals surface area contributed by atoms with Gasteiger partial charge in [-0.2, -0.15) is 5.10 Å². The fourth-order valence-corrected chi connectivity index (χ4v) is 2.92. The van der Waals surface area contributed by atoms with Crippen LogP contribution in [0.15, 0.2) is 71.8 Å². The summed E-state index contributed by atoms with van der Waals surface area (Å²) < 4.78 is 16.2. The second kappa shape index (κ2) is 11.3. The van der Waals surface area contributed by atoms with E-state index in [-0.39, 0.29) is 0 Å². The average Bonchev–Trinajstić information content (AvgIpc) is 2.83. The minimum Gasteiger partial charge on any atom is -0.497 e. The Balaban J connectivity index is 1.56. The summed E-state index contributed by atoms with van der Waals surface area (Å²) in [6.45, 7) is 2.48. The standard InChI is InChI=1S/C25H25N3O5/c1-17-7-4-5-9-19(17)16-33-21-10-6-8-18(13-21)15-26-28-25(30)24(29)27-22-14-20(31-2)11-12-23(22)32-3/h4-15H,16H2,1-3H3,(H,27,29)(H,28,30)/b26-15+. The SMILES string of the molecule is COc1ccc(OC)c(NC(=O)C(=O)N/N=C/c2cccc(OCc3ccccc3C)c2)c1. The zero-order chi connectivity index (χ0) is 23.6. The number of nitrogens with one attached hydrogen (secondary N) is 2. The summed E-state index contributed by atoms with van der Waals surface area (Å²) in [6.07, 6.45) is 1.43. The van der Waals surface area contributed by atoms with E-state index in [1.165, 1.54) is 20.4 Å². The van der Waals surface area contributed by atoms with Gasteiger partial charge < -0.3 is 19.5 Å². The van der Waals surface area contributed by atoms with Crippen molar-refractivity contribution < 1.29 is 23.8 Å². The van der Waals surface area contributed by atoms with E-state index in [9.17, 15) is 9.59 Å². The molecule has 0 bridgehead atoms. The predicted molar refractivity (Wildman–Crippen MR) is 126 cm³/mol. The summed E-state index contributed by atoms with van der Waals surface area (Å²) in [4.78, 5) is 24.3. The molecule has 3 aromatic carbocycles. The number of methoxy groups -OCH3 is 2. The van der Waals surface area contributed by atoms with Crippen LogP contribution in [0.3, 0.4) is 0 Å². The van der Waals surface area contributed by atoms with Crippen LogP contribution in [0.25, 0.3) is 0 Å². The van der Waals surface area contributed by atoms with Gasteiger partial charge in [0.25, 0.3) is 0 Å². The van der Waals surface area contributed by atoms with Crippen LogP contribution in [0.1, 0.15) is 16.7 Å². The molecule has 0 atom stereocenters. The van der Waals surface area contributed by atoms with Crippen molar-refractivity contribution in [3.63, 3.8) is 0 Å². The van der Waals surface area contributed by atoms with E-state index in [1.807, 2.05) is 43.3 Å². The van der Waals surface area contributed by atoms with Crippen LogP contribution >= 0.6 is 0 Å². The molecule has 2 N–H and O–H groups in total. The van der Waals surface area contributed by atoms with Crippen molar-refractivity contribution in [3.8, 4) is 17.2 Å². The number of rotatable bonds is 8. The van der Waals surface area contributed by atoms with E-state index in [4.69, 9.17) is 14.2 Å². The molecule has 0 saturated carbocycles. The number of hydrogen-bond donors (Lipinski definition) is 2. The lowest BCUT2D eigenvalue weighted by Crippen LogP contribution is -2.32. The quantitative estimate of drug-likeness (QED) is 0.312. The van der Waals surface area contributed by atoms with Crippen molar-refractivity contribution in [2.75, 3.05) is 19.5 Å². The number of hydrazone groups is 1. The van der Waals surface area contributed by atoms with Crippen molar-refractivity contribution in [1.82, 2.24) is 5.43 Å². The van der Waals surface area contributed by atoms with Crippen LogP contribution in [0.5, 0.6) is 17.2 Å². The van der Waals surface area contributed by atoms with Crippen molar-refractivity contribution in [2.45, 2.75) is 13.5 Å². The summed E-state index contributed by atoms with van der Waals surface area (Å²) in [6, 6.07) is 20.1. The first-order valence-electron chi connectivity index (χ1n) is 10.1. The van der Waals surface area contributed by atoms with E-state index in [0.717, 1.165) is 11.1 Å². The largest absolute Gasteiger partial charge is 0.497 e. The first-order chi connectivity index (χ1) is 16.0. The molecule has 8 nitrogen and oxygen atoms in total. The number of carbonyl (C=O) groups is 2. The van der Waals surface area contributed by atoms with Gasteiger partial charge in [0.05, 0.1) is 26.1 Å². The van der Waals surface area contributed by atoms with Crippen LogP contribution in [-0.4, -0.2) is 32.2 Å². The molecule has 8 heteroatoms. The van der Waals surface area contributed by atoms with Gasteiger partial charge >= 0.3 is 11.8 Å². The maximum atomic E-state index is 12.2. The molecule has 0 aromatic heterocycles. The van der Waals surface area contributed by atoms with Gasteiger partial charge in [-0.05, 0) is 47.9 Å². The zero-order valence-electron chi connectivity index (χ0n) is 18.6. The summed E-state index contributed by atoms with van der Waals surface area (Å²) in [5.74, 6) is -0.259. The maximum absolute atomic E-state index is 12.2. The predicted octanol–water partition coefficient (Wildman–Crippen LogP) is 3.68. The molecule has 3 rings (SSSR count). The minimum atomic E-state index is -0.928. The maximum Gasteiger partial charge on any atom is 0.329 e. The second-order valence-corrected chi connectivity index (χ2v) is 7.01. The molecule has 0 unspecified atom stereocenters. The molecule has 0 spiro atoms. The normalized spacial score (nSPS) is 10.5. The van der Waals surface area contributed by atoms with Gasteiger partial charge in [0.1, 0.15) is 23.9 Å². The molecular weight excluding hydrogens is 422 g/mol. The van der Waals surface area contributed by atoms with Crippen molar-refractivity contribution in [3.05, 3.63) is 83.4 Å². The van der Waals surface area contributed by atoms with E-state index in [1.54, 1.807) is 30.3 Å². The first kappa shape index (κ1) is 23.3. The van der Waals surface area contributed by atoms with Gasteiger partial charge in [-0.3, -0.25) is 9.59 Å². The Morgan fingerprint density at radius 1 is 0.909 bits per heavy atom. The zero-order valence-corrected chi connectivity index (χ0v) is 18.6. The minimum absolute atomic E-state index is 0.305. The van der Waals surface area contributed by atoms with Crippen LogP contribution < -0.4 is 25.0 Å². The summed E-state index contributed by atoms with van der Waals surface area (Å²) >= 11 is 0.